The van der Waals surface area contributed by atoms with Crippen LogP contribution < -0.4 is 0 Å². The van der Waals surface area contributed by atoms with E-state index < -0.39 is 0 Å². The molecule has 0 aromatic heterocycles. The molecule has 4 heteroatoms. The van der Waals surface area contributed by atoms with E-state index in [1.54, 1.807) is 0 Å². The fourth-order valence-corrected chi connectivity index (χ4v) is 2.08. The van der Waals surface area contributed by atoms with Gasteiger partial charge in [-0.3, -0.25) is 9.59 Å². The smallest absolute Gasteiger partial charge is 0.162 e. The number of carbonyl (C=O) groups is 2. The average Bonchev–Trinajstić information content (AvgIpc) is 2.52. The third-order valence-corrected chi connectivity index (χ3v) is 3.75. The summed E-state index contributed by atoms with van der Waals surface area (Å²) in [6.07, 6.45) is 1.63. The van der Waals surface area contributed by atoms with Crippen molar-refractivity contribution in [2.75, 3.05) is 26.4 Å². The van der Waals surface area contributed by atoms with Gasteiger partial charge in [-0.05, 0) is 13.3 Å². The lowest BCUT2D eigenvalue weighted by molar-refractivity contribution is -0.127. The molecule has 0 atom stereocenters. The highest BCUT2D eigenvalue weighted by atomic mass is 16.5. The van der Waals surface area contributed by atoms with E-state index in [2.05, 4.69) is 0 Å². The first-order chi connectivity index (χ1) is 11.3. The van der Waals surface area contributed by atoms with E-state index in [0.29, 0.717) is 45.7 Å². The van der Waals surface area contributed by atoms with Gasteiger partial charge in [0.1, 0.15) is 5.78 Å². The Bertz CT molecular complexity index is 511. The van der Waals surface area contributed by atoms with Crippen molar-refractivity contribution in [2.24, 2.45) is 5.41 Å². The van der Waals surface area contributed by atoms with Gasteiger partial charge in [0.15, 0.2) is 5.78 Å². The maximum atomic E-state index is 12.0. The van der Waals surface area contributed by atoms with Crippen molar-refractivity contribution in [3.63, 3.8) is 0 Å². The molecule has 0 fully saturated rings. The van der Waals surface area contributed by atoms with Crippen molar-refractivity contribution < 1.29 is 19.1 Å². The number of hydrogen-bond acceptors (Lipinski definition) is 4. The summed E-state index contributed by atoms with van der Waals surface area (Å²) in [7, 11) is 0. The summed E-state index contributed by atoms with van der Waals surface area (Å²) in [5.41, 5.74) is 1.61. The number of carbonyl (C=O) groups excluding carboxylic acids is 2. The SMILES string of the molecule is Cc1ccc(C(=O)CCCOCCOCCC(=O)C(C)(C)C)cc1. The van der Waals surface area contributed by atoms with Crippen molar-refractivity contribution in [2.45, 2.75) is 47.0 Å². The number of ketones is 2. The van der Waals surface area contributed by atoms with Gasteiger partial charge in [-0.1, -0.05) is 50.6 Å². The van der Waals surface area contributed by atoms with E-state index in [1.807, 2.05) is 52.0 Å². The van der Waals surface area contributed by atoms with Crippen LogP contribution in [0.4, 0.5) is 0 Å². The molecule has 0 heterocycles. The van der Waals surface area contributed by atoms with E-state index in [9.17, 15) is 9.59 Å². The Labute approximate surface area is 145 Å². The van der Waals surface area contributed by atoms with Crippen molar-refractivity contribution in [1.82, 2.24) is 0 Å². The Hall–Kier alpha value is -1.52. The fraction of sp³-hybridized carbons (Fsp3) is 0.600. The van der Waals surface area contributed by atoms with Crippen LogP contribution in [-0.2, 0) is 14.3 Å². The molecule has 1 aromatic rings. The summed E-state index contributed by atoms with van der Waals surface area (Å²) < 4.78 is 10.8. The molecule has 0 aliphatic rings. The minimum absolute atomic E-state index is 0.149. The van der Waals surface area contributed by atoms with E-state index in [1.165, 1.54) is 0 Å². The zero-order chi connectivity index (χ0) is 18.0. The van der Waals surface area contributed by atoms with Gasteiger partial charge in [-0.2, -0.15) is 0 Å². The zero-order valence-electron chi connectivity index (χ0n) is 15.4. The number of ether oxygens (including phenoxy) is 2. The molecule has 0 unspecified atom stereocenters. The second-order valence-corrected chi connectivity index (χ2v) is 7.04. The number of benzene rings is 1. The predicted octanol–water partition coefficient (Wildman–Crippen LogP) is 4.00. The molecule has 4 nitrogen and oxygen atoms in total. The van der Waals surface area contributed by atoms with E-state index in [-0.39, 0.29) is 17.0 Å². The highest BCUT2D eigenvalue weighted by Crippen LogP contribution is 2.16. The molecule has 0 N–H and O–H groups in total. The maximum absolute atomic E-state index is 12.0. The fourth-order valence-electron chi connectivity index (χ4n) is 2.08. The summed E-state index contributed by atoms with van der Waals surface area (Å²) in [6.45, 7) is 9.69. The Morgan fingerprint density at radius 2 is 1.46 bits per heavy atom. The molecular weight excluding hydrogens is 304 g/mol. The number of aryl methyl sites for hydroxylation is 1. The van der Waals surface area contributed by atoms with Crippen LogP contribution in [0.3, 0.4) is 0 Å². The van der Waals surface area contributed by atoms with Gasteiger partial charge >= 0.3 is 0 Å². The van der Waals surface area contributed by atoms with Crippen LogP contribution >= 0.6 is 0 Å². The van der Waals surface area contributed by atoms with E-state index in [4.69, 9.17) is 9.47 Å². The Morgan fingerprint density at radius 3 is 2.04 bits per heavy atom. The van der Waals surface area contributed by atoms with Crippen molar-refractivity contribution >= 4 is 11.6 Å². The molecule has 0 aliphatic heterocycles. The Balaban J connectivity index is 2.00. The van der Waals surface area contributed by atoms with Crippen molar-refractivity contribution in [3.8, 4) is 0 Å². The van der Waals surface area contributed by atoms with Gasteiger partial charge in [0, 0.05) is 30.4 Å². The Morgan fingerprint density at radius 1 is 0.875 bits per heavy atom. The molecule has 0 spiro atoms. The van der Waals surface area contributed by atoms with Gasteiger partial charge in [0.25, 0.3) is 0 Å². The lowest BCUT2D eigenvalue weighted by atomic mass is 9.89. The van der Waals surface area contributed by atoms with Crippen LogP contribution in [0.2, 0.25) is 0 Å². The summed E-state index contributed by atoms with van der Waals surface area (Å²) in [6, 6.07) is 7.63. The van der Waals surface area contributed by atoms with Gasteiger partial charge in [-0.25, -0.2) is 0 Å². The summed E-state index contributed by atoms with van der Waals surface area (Å²) >= 11 is 0. The summed E-state index contributed by atoms with van der Waals surface area (Å²) in [5.74, 6) is 0.355. The normalized spacial score (nSPS) is 11.5. The second kappa shape index (κ2) is 10.4. The first-order valence-electron chi connectivity index (χ1n) is 8.59. The second-order valence-electron chi connectivity index (χ2n) is 7.04. The first-order valence-corrected chi connectivity index (χ1v) is 8.59. The van der Waals surface area contributed by atoms with Crippen LogP contribution in [0.25, 0.3) is 0 Å². The zero-order valence-corrected chi connectivity index (χ0v) is 15.4. The van der Waals surface area contributed by atoms with Gasteiger partial charge < -0.3 is 9.47 Å². The third-order valence-electron chi connectivity index (χ3n) is 3.75. The molecule has 1 aromatic carbocycles. The van der Waals surface area contributed by atoms with E-state index >= 15 is 0 Å². The molecule has 1 rings (SSSR count). The number of Topliss-reactive ketones (excluding diaryl/α,β-unsaturated/α-hetero) is 2. The number of hydrogen-bond donors (Lipinski definition) is 0. The largest absolute Gasteiger partial charge is 0.379 e. The monoisotopic (exact) mass is 334 g/mol. The summed E-state index contributed by atoms with van der Waals surface area (Å²) in [5, 5.41) is 0. The van der Waals surface area contributed by atoms with Crippen LogP contribution in [0, 0.1) is 12.3 Å². The molecule has 0 aliphatic carbocycles. The molecule has 0 amide bonds. The standard InChI is InChI=1S/C20H30O4/c1-16-7-9-17(10-8-16)18(21)6-5-12-23-14-15-24-13-11-19(22)20(2,3)4/h7-10H,5-6,11-15H2,1-4H3. The average molecular weight is 334 g/mol. The first kappa shape index (κ1) is 20.5. The van der Waals surface area contributed by atoms with Crippen LogP contribution in [0.5, 0.6) is 0 Å². The molecular formula is C20H30O4. The third kappa shape index (κ3) is 8.37. The summed E-state index contributed by atoms with van der Waals surface area (Å²) in [4.78, 5) is 23.7. The predicted molar refractivity (Wildman–Crippen MR) is 95.5 cm³/mol. The molecule has 0 saturated heterocycles. The Kier molecular flexibility index (Phi) is 8.87. The van der Waals surface area contributed by atoms with Gasteiger partial charge in [0.2, 0.25) is 0 Å². The molecule has 0 bridgehead atoms. The van der Waals surface area contributed by atoms with Crippen LogP contribution in [-0.4, -0.2) is 38.0 Å². The quantitative estimate of drug-likeness (QED) is 0.453. The molecule has 0 radical (unpaired) electrons. The molecule has 134 valence electrons. The molecule has 24 heavy (non-hydrogen) atoms. The maximum Gasteiger partial charge on any atom is 0.162 e. The topological polar surface area (TPSA) is 52.6 Å². The highest BCUT2D eigenvalue weighted by Gasteiger charge is 2.20. The highest BCUT2D eigenvalue weighted by molar-refractivity contribution is 5.96. The van der Waals surface area contributed by atoms with Gasteiger partial charge in [-0.15, -0.1) is 0 Å². The molecule has 0 saturated carbocycles. The van der Waals surface area contributed by atoms with Crippen molar-refractivity contribution in [1.29, 1.82) is 0 Å². The van der Waals surface area contributed by atoms with Crippen LogP contribution in [0.1, 0.15) is 56.0 Å². The van der Waals surface area contributed by atoms with Crippen LogP contribution in [0.15, 0.2) is 24.3 Å². The lowest BCUT2D eigenvalue weighted by Crippen LogP contribution is -2.21. The van der Waals surface area contributed by atoms with Crippen molar-refractivity contribution in [3.05, 3.63) is 35.4 Å². The van der Waals surface area contributed by atoms with Gasteiger partial charge in [0.05, 0.1) is 19.8 Å². The minimum Gasteiger partial charge on any atom is -0.379 e. The minimum atomic E-state index is -0.302. The lowest BCUT2D eigenvalue weighted by Gasteiger charge is -2.16. The van der Waals surface area contributed by atoms with E-state index in [0.717, 1.165) is 11.1 Å². The number of rotatable bonds is 11.